The minimum Gasteiger partial charge on any atom is -0.328 e. The summed E-state index contributed by atoms with van der Waals surface area (Å²) in [5, 5.41) is 2.83. The molecule has 0 saturated carbocycles. The lowest BCUT2D eigenvalue weighted by molar-refractivity contribution is 0.102. The van der Waals surface area contributed by atoms with Crippen LogP contribution < -0.4 is 10.9 Å². The summed E-state index contributed by atoms with van der Waals surface area (Å²) in [4.78, 5) is 25.5. The summed E-state index contributed by atoms with van der Waals surface area (Å²) in [6.45, 7) is 3.92. The molecule has 2 rings (SSSR count). The van der Waals surface area contributed by atoms with E-state index in [0.29, 0.717) is 5.56 Å². The van der Waals surface area contributed by atoms with Gasteiger partial charge in [0.15, 0.2) is 0 Å². The first-order chi connectivity index (χ1) is 8.97. The van der Waals surface area contributed by atoms with Crippen LogP contribution in [0, 0.1) is 13.8 Å². The number of anilines is 1. The summed E-state index contributed by atoms with van der Waals surface area (Å²) >= 11 is 3.44. The van der Waals surface area contributed by atoms with Gasteiger partial charge in [-0.3, -0.25) is 9.59 Å². The molecule has 1 aromatic carbocycles. The summed E-state index contributed by atoms with van der Waals surface area (Å²) in [5.41, 5.74) is 3.01. The maximum atomic E-state index is 12.1. The Kier molecular flexibility index (Phi) is 3.85. The van der Waals surface area contributed by atoms with Gasteiger partial charge in [-0.2, -0.15) is 0 Å². The number of aryl methyl sites for hydroxylation is 2. The molecule has 1 amide bonds. The summed E-state index contributed by atoms with van der Waals surface area (Å²) in [5.74, 6) is -0.260. The van der Waals surface area contributed by atoms with Crippen LogP contribution in [0.2, 0.25) is 0 Å². The van der Waals surface area contributed by atoms with E-state index in [2.05, 4.69) is 26.2 Å². The van der Waals surface area contributed by atoms with Crippen molar-refractivity contribution in [1.82, 2.24) is 4.98 Å². The molecular formula is C14H13BrN2O2. The van der Waals surface area contributed by atoms with E-state index in [-0.39, 0.29) is 11.5 Å². The number of nitrogens with one attached hydrogen (secondary N) is 2. The van der Waals surface area contributed by atoms with Crippen molar-refractivity contribution in [3.8, 4) is 0 Å². The van der Waals surface area contributed by atoms with E-state index in [1.165, 1.54) is 18.3 Å². The van der Waals surface area contributed by atoms with Gasteiger partial charge in [-0.25, -0.2) is 0 Å². The van der Waals surface area contributed by atoms with Gasteiger partial charge in [0.1, 0.15) is 0 Å². The molecule has 2 N–H and O–H groups in total. The normalized spacial score (nSPS) is 10.3. The van der Waals surface area contributed by atoms with Gasteiger partial charge in [0.2, 0.25) is 5.56 Å². The van der Waals surface area contributed by atoms with E-state index in [1.807, 2.05) is 26.0 Å². The number of halogens is 1. The molecule has 0 unspecified atom stereocenters. The molecule has 0 aliphatic heterocycles. The van der Waals surface area contributed by atoms with Gasteiger partial charge in [-0.05, 0) is 53.0 Å². The van der Waals surface area contributed by atoms with Crippen LogP contribution in [0.15, 0.2) is 39.7 Å². The number of benzene rings is 1. The van der Waals surface area contributed by atoms with Gasteiger partial charge < -0.3 is 10.3 Å². The van der Waals surface area contributed by atoms with E-state index in [0.717, 1.165) is 21.3 Å². The number of aromatic amines is 1. The molecule has 0 spiro atoms. The molecule has 0 aliphatic carbocycles. The molecule has 1 heterocycles. The van der Waals surface area contributed by atoms with E-state index >= 15 is 0 Å². The van der Waals surface area contributed by atoms with E-state index < -0.39 is 0 Å². The molecule has 0 fully saturated rings. The van der Waals surface area contributed by atoms with Crippen LogP contribution in [0.5, 0.6) is 0 Å². The van der Waals surface area contributed by atoms with Crippen molar-refractivity contribution in [1.29, 1.82) is 0 Å². The van der Waals surface area contributed by atoms with Crippen LogP contribution in [0.1, 0.15) is 21.5 Å². The Morgan fingerprint density at radius 1 is 1.26 bits per heavy atom. The van der Waals surface area contributed by atoms with Gasteiger partial charge >= 0.3 is 0 Å². The maximum Gasteiger partial charge on any atom is 0.257 e. The Morgan fingerprint density at radius 2 is 2.00 bits per heavy atom. The van der Waals surface area contributed by atoms with Crippen LogP contribution in [0.25, 0.3) is 0 Å². The van der Waals surface area contributed by atoms with Crippen molar-refractivity contribution >= 4 is 27.5 Å². The highest BCUT2D eigenvalue weighted by Gasteiger charge is 2.11. The lowest BCUT2D eigenvalue weighted by Gasteiger charge is -2.11. The van der Waals surface area contributed by atoms with Gasteiger partial charge in [0, 0.05) is 16.7 Å². The van der Waals surface area contributed by atoms with Gasteiger partial charge in [0.05, 0.1) is 11.3 Å². The molecule has 1 aromatic heterocycles. The zero-order chi connectivity index (χ0) is 14.0. The van der Waals surface area contributed by atoms with Crippen molar-refractivity contribution in [2.24, 2.45) is 0 Å². The Hall–Kier alpha value is -1.88. The van der Waals surface area contributed by atoms with Crippen molar-refractivity contribution in [2.75, 3.05) is 5.32 Å². The fourth-order valence-electron chi connectivity index (χ4n) is 1.81. The summed E-state index contributed by atoms with van der Waals surface area (Å²) < 4.78 is 0.836. The minimum atomic E-state index is -0.260. The largest absolute Gasteiger partial charge is 0.328 e. The number of rotatable bonds is 2. The Bertz CT molecular complexity index is 649. The fraction of sp³-hybridized carbons (Fsp3) is 0.143. The highest BCUT2D eigenvalue weighted by Crippen LogP contribution is 2.28. The zero-order valence-corrected chi connectivity index (χ0v) is 12.2. The number of carbonyl (C=O) groups excluding carboxylic acids is 1. The van der Waals surface area contributed by atoms with Crippen LogP contribution in [-0.4, -0.2) is 10.9 Å². The van der Waals surface area contributed by atoms with Crippen LogP contribution in [-0.2, 0) is 0 Å². The molecule has 5 heteroatoms. The van der Waals surface area contributed by atoms with E-state index in [4.69, 9.17) is 0 Å². The number of hydrogen-bond donors (Lipinski definition) is 2. The summed E-state index contributed by atoms with van der Waals surface area (Å²) in [6, 6.07) is 6.75. The Balaban J connectivity index is 2.29. The molecule has 0 aliphatic rings. The minimum absolute atomic E-state index is 0.232. The average Bonchev–Trinajstić information content (AvgIpc) is 2.34. The van der Waals surface area contributed by atoms with Crippen LogP contribution in [0.4, 0.5) is 5.69 Å². The standard InChI is InChI=1S/C14H13BrN2O2/c1-8-5-9(2)13(11(15)6-8)17-14(19)10-3-4-12(18)16-7-10/h3-7H,1-2H3,(H,16,18)(H,17,19). The number of hydrogen-bond acceptors (Lipinski definition) is 2. The molecule has 4 nitrogen and oxygen atoms in total. The Labute approximate surface area is 119 Å². The smallest absolute Gasteiger partial charge is 0.257 e. The second-order valence-electron chi connectivity index (χ2n) is 4.33. The zero-order valence-electron chi connectivity index (χ0n) is 10.6. The summed E-state index contributed by atoms with van der Waals surface area (Å²) in [7, 11) is 0. The first-order valence-electron chi connectivity index (χ1n) is 5.74. The molecule has 98 valence electrons. The van der Waals surface area contributed by atoms with Crippen LogP contribution >= 0.6 is 15.9 Å². The monoisotopic (exact) mass is 320 g/mol. The topological polar surface area (TPSA) is 62.0 Å². The van der Waals surface area contributed by atoms with E-state index in [1.54, 1.807) is 0 Å². The van der Waals surface area contributed by atoms with Gasteiger partial charge in [0.25, 0.3) is 5.91 Å². The highest BCUT2D eigenvalue weighted by molar-refractivity contribution is 9.10. The molecule has 0 radical (unpaired) electrons. The van der Waals surface area contributed by atoms with Crippen molar-refractivity contribution in [2.45, 2.75) is 13.8 Å². The Morgan fingerprint density at radius 3 is 2.58 bits per heavy atom. The third kappa shape index (κ3) is 3.12. The summed E-state index contributed by atoms with van der Waals surface area (Å²) in [6.07, 6.45) is 1.40. The molecule has 0 bridgehead atoms. The number of H-pyrrole nitrogens is 1. The number of aromatic nitrogens is 1. The third-order valence-electron chi connectivity index (χ3n) is 2.72. The molecule has 19 heavy (non-hydrogen) atoms. The third-order valence-corrected chi connectivity index (χ3v) is 3.34. The van der Waals surface area contributed by atoms with Crippen molar-refractivity contribution < 1.29 is 4.79 Å². The maximum absolute atomic E-state index is 12.1. The molecule has 0 atom stereocenters. The lowest BCUT2D eigenvalue weighted by Crippen LogP contribution is -2.15. The fourth-order valence-corrected chi connectivity index (χ4v) is 2.58. The van der Waals surface area contributed by atoms with Crippen molar-refractivity contribution in [3.05, 3.63) is 62.0 Å². The van der Waals surface area contributed by atoms with Gasteiger partial charge in [-0.1, -0.05) is 6.07 Å². The van der Waals surface area contributed by atoms with Crippen molar-refractivity contribution in [3.63, 3.8) is 0 Å². The van der Waals surface area contributed by atoms with Gasteiger partial charge in [-0.15, -0.1) is 0 Å². The second kappa shape index (κ2) is 5.40. The number of amides is 1. The van der Waals surface area contributed by atoms with E-state index in [9.17, 15) is 9.59 Å². The first kappa shape index (κ1) is 13.5. The SMILES string of the molecule is Cc1cc(C)c(NC(=O)c2ccc(=O)[nH]c2)c(Br)c1. The average molecular weight is 321 g/mol. The number of carbonyl (C=O) groups is 1. The predicted molar refractivity (Wildman–Crippen MR) is 78.6 cm³/mol. The van der Waals surface area contributed by atoms with Crippen LogP contribution in [0.3, 0.4) is 0 Å². The number of pyridine rings is 1. The molecular weight excluding hydrogens is 308 g/mol. The second-order valence-corrected chi connectivity index (χ2v) is 5.19. The lowest BCUT2D eigenvalue weighted by atomic mass is 10.1. The molecule has 0 saturated heterocycles. The molecule has 2 aromatic rings. The quantitative estimate of drug-likeness (QED) is 0.893. The first-order valence-corrected chi connectivity index (χ1v) is 6.53. The predicted octanol–water partition coefficient (Wildman–Crippen LogP) is 3.01. The highest BCUT2D eigenvalue weighted by atomic mass is 79.9.